The number of nitrogens with zero attached hydrogens (tertiary/aromatic N) is 1. The lowest BCUT2D eigenvalue weighted by atomic mass is 9.75. The number of hydrogen-bond acceptors (Lipinski definition) is 6. The van der Waals surface area contributed by atoms with Crippen LogP contribution in [0.25, 0.3) is 16.5 Å². The maximum absolute atomic E-state index is 13.5. The molecule has 1 aromatic carbocycles. The largest absolute Gasteiger partial charge is 0.458 e. The molecule has 1 aliphatic heterocycles. The number of aliphatic hydroxyl groups is 1. The van der Waals surface area contributed by atoms with Crippen molar-refractivity contribution >= 4 is 39.8 Å². The molecule has 164 valence electrons. The van der Waals surface area contributed by atoms with Crippen LogP contribution in [0, 0.1) is 12.8 Å². The second kappa shape index (κ2) is 6.50. The second-order valence-corrected chi connectivity index (χ2v) is 9.66. The van der Waals surface area contributed by atoms with Crippen LogP contribution in [-0.4, -0.2) is 34.1 Å². The van der Waals surface area contributed by atoms with Crippen LogP contribution in [0.1, 0.15) is 53.8 Å². The molecule has 0 saturated carbocycles. The van der Waals surface area contributed by atoms with Crippen molar-refractivity contribution in [2.75, 3.05) is 6.61 Å². The first-order chi connectivity index (χ1) is 15.3. The molecule has 3 N–H and O–H groups in total. The van der Waals surface area contributed by atoms with Crippen LogP contribution in [0.3, 0.4) is 0 Å². The van der Waals surface area contributed by atoms with Crippen LogP contribution >= 0.6 is 11.6 Å². The van der Waals surface area contributed by atoms with Crippen molar-refractivity contribution in [2.24, 2.45) is 11.7 Å². The molecule has 3 atom stereocenters. The molecular formula is C25H23ClN2O4. The molecule has 6 rings (SSSR count). The van der Waals surface area contributed by atoms with Gasteiger partial charge in [0.05, 0.1) is 17.1 Å². The van der Waals surface area contributed by atoms with Gasteiger partial charge in [-0.1, -0.05) is 18.5 Å². The monoisotopic (exact) mass is 450 g/mol. The Labute approximate surface area is 190 Å². The number of hydrogen-bond donors (Lipinski definition) is 2. The molecule has 0 spiro atoms. The van der Waals surface area contributed by atoms with Gasteiger partial charge in [-0.25, -0.2) is 9.78 Å². The van der Waals surface area contributed by atoms with Crippen molar-refractivity contribution in [2.45, 2.75) is 51.2 Å². The fraction of sp³-hybridized carbons (Fsp3) is 0.400. The van der Waals surface area contributed by atoms with E-state index in [0.29, 0.717) is 22.6 Å². The highest BCUT2D eigenvalue weighted by atomic mass is 35.5. The summed E-state index contributed by atoms with van der Waals surface area (Å²) in [5, 5.41) is 12.8. The van der Waals surface area contributed by atoms with Crippen molar-refractivity contribution in [3.05, 3.63) is 56.3 Å². The van der Waals surface area contributed by atoms with Gasteiger partial charge < -0.3 is 15.6 Å². The van der Waals surface area contributed by atoms with E-state index in [9.17, 15) is 14.7 Å². The topological polar surface area (TPSA) is 103 Å². The van der Waals surface area contributed by atoms with E-state index in [1.54, 1.807) is 13.0 Å². The van der Waals surface area contributed by atoms with Gasteiger partial charge in [0.25, 0.3) is 0 Å². The summed E-state index contributed by atoms with van der Waals surface area (Å²) in [6.07, 6.45) is 4.10. The maximum Gasteiger partial charge on any atom is 0.343 e. The zero-order chi connectivity index (χ0) is 22.5. The van der Waals surface area contributed by atoms with E-state index < -0.39 is 17.5 Å². The van der Waals surface area contributed by atoms with Crippen molar-refractivity contribution in [1.29, 1.82) is 0 Å². The van der Waals surface area contributed by atoms with E-state index in [1.807, 2.05) is 13.0 Å². The van der Waals surface area contributed by atoms with E-state index in [2.05, 4.69) is 0 Å². The van der Waals surface area contributed by atoms with Crippen LogP contribution in [0.2, 0.25) is 5.02 Å². The molecule has 32 heavy (non-hydrogen) atoms. The summed E-state index contributed by atoms with van der Waals surface area (Å²) in [6.45, 7) is 3.62. The number of cyclic esters (lactones) is 1. The summed E-state index contributed by atoms with van der Waals surface area (Å²) in [6, 6.07) is 1.74. The van der Waals surface area contributed by atoms with Crippen LogP contribution < -0.4 is 5.73 Å². The molecule has 0 amide bonds. The highest BCUT2D eigenvalue weighted by molar-refractivity contribution is 6.32. The molecule has 0 bridgehead atoms. The van der Waals surface area contributed by atoms with Gasteiger partial charge in [-0.3, -0.25) is 4.79 Å². The first-order valence-electron chi connectivity index (χ1n) is 11.1. The molecule has 0 fully saturated rings. The van der Waals surface area contributed by atoms with Gasteiger partial charge >= 0.3 is 5.97 Å². The van der Waals surface area contributed by atoms with E-state index in [0.717, 1.165) is 51.7 Å². The van der Waals surface area contributed by atoms with Gasteiger partial charge in [0.1, 0.15) is 6.61 Å². The average molecular weight is 451 g/mol. The van der Waals surface area contributed by atoms with Crippen molar-refractivity contribution < 1.29 is 19.4 Å². The molecule has 2 heterocycles. The van der Waals surface area contributed by atoms with E-state index in [4.69, 9.17) is 27.1 Å². The number of allylic oxidation sites excluding steroid dienone is 1. The Bertz CT molecular complexity index is 1340. The minimum Gasteiger partial charge on any atom is -0.458 e. The number of benzene rings is 1. The highest BCUT2D eigenvalue weighted by Crippen LogP contribution is 2.50. The molecular weight excluding hydrogens is 428 g/mol. The quantitative estimate of drug-likeness (QED) is 0.646. The number of ketones is 1. The first kappa shape index (κ1) is 20.1. The summed E-state index contributed by atoms with van der Waals surface area (Å²) >= 11 is 6.53. The number of esters is 1. The van der Waals surface area contributed by atoms with Crippen molar-refractivity contribution in [3.8, 4) is 0 Å². The van der Waals surface area contributed by atoms with Gasteiger partial charge in [0.15, 0.2) is 11.4 Å². The van der Waals surface area contributed by atoms with E-state index in [-0.39, 0.29) is 24.9 Å². The molecule has 6 nitrogen and oxygen atoms in total. The number of aryl methyl sites for hydroxylation is 1. The zero-order valence-electron chi connectivity index (χ0n) is 17.9. The molecule has 1 aromatic heterocycles. The molecule has 4 aliphatic rings. The molecule has 1 unspecified atom stereocenters. The predicted octanol–water partition coefficient (Wildman–Crippen LogP) is 3.28. The molecule has 0 radical (unpaired) electrons. The number of pyridine rings is 1. The smallest absolute Gasteiger partial charge is 0.343 e. The van der Waals surface area contributed by atoms with Gasteiger partial charge in [-0.15, -0.1) is 0 Å². The number of fused-ring (bicyclic) bond motifs is 4. The lowest BCUT2D eigenvalue weighted by Crippen LogP contribution is -2.48. The third kappa shape index (κ3) is 2.35. The minimum atomic E-state index is -1.82. The number of carbonyl (C=O) groups excluding carboxylic acids is 2. The average Bonchev–Trinajstić information content (AvgIpc) is 3.14. The summed E-state index contributed by atoms with van der Waals surface area (Å²) in [4.78, 5) is 30.9. The lowest BCUT2D eigenvalue weighted by Gasteiger charge is -2.35. The molecule has 3 aliphatic carbocycles. The number of aromatic nitrogens is 1. The van der Waals surface area contributed by atoms with Crippen molar-refractivity contribution in [3.63, 3.8) is 0 Å². The molecule has 2 aromatic rings. The second-order valence-electron chi connectivity index (χ2n) is 9.26. The van der Waals surface area contributed by atoms with Crippen LogP contribution in [0.5, 0.6) is 0 Å². The Kier molecular flexibility index (Phi) is 4.08. The Morgan fingerprint density at radius 3 is 2.88 bits per heavy atom. The lowest BCUT2D eigenvalue weighted by molar-refractivity contribution is -0.163. The van der Waals surface area contributed by atoms with E-state index in [1.165, 1.54) is 5.56 Å². The minimum absolute atomic E-state index is 0.105. The Hall–Kier alpha value is -2.54. The van der Waals surface area contributed by atoms with Crippen LogP contribution in [0.4, 0.5) is 0 Å². The summed E-state index contributed by atoms with van der Waals surface area (Å²) in [7, 11) is 0. The maximum atomic E-state index is 13.5. The van der Waals surface area contributed by atoms with Gasteiger partial charge in [-0.2, -0.15) is 0 Å². The predicted molar refractivity (Wildman–Crippen MR) is 120 cm³/mol. The van der Waals surface area contributed by atoms with Gasteiger partial charge in [0, 0.05) is 27.6 Å². The van der Waals surface area contributed by atoms with Crippen LogP contribution in [-0.2, 0) is 27.2 Å². The van der Waals surface area contributed by atoms with Crippen LogP contribution in [0.15, 0.2) is 23.3 Å². The fourth-order valence-corrected chi connectivity index (χ4v) is 6.16. The number of rotatable bonds is 1. The summed E-state index contributed by atoms with van der Waals surface area (Å²) in [5.74, 6) is -1.23. The Morgan fingerprint density at radius 2 is 2.12 bits per heavy atom. The van der Waals surface area contributed by atoms with E-state index >= 15 is 0 Å². The third-order valence-corrected chi connectivity index (χ3v) is 8.15. The highest BCUT2D eigenvalue weighted by Gasteiger charge is 2.50. The van der Waals surface area contributed by atoms with Gasteiger partial charge in [0.2, 0.25) is 0 Å². The number of halogens is 1. The summed E-state index contributed by atoms with van der Waals surface area (Å²) < 4.78 is 5.18. The number of Topliss-reactive ketones (excluding diaryl/α,β-unsaturated/α-hetero) is 1. The Balaban J connectivity index is 1.64. The molecule has 0 saturated heterocycles. The standard InChI is InChI=1S/C25H23ClN2O4/c1-3-25(31)16-7-12-13(23(29)15(16)9-32-24(25)30)6-14-20-18(27)5-4-11-10(2)17(26)8-19(21(11)20)28-22(12)14/h7-8,13,18,31H,3-6,9,27H2,1-2H3/t13?,18-,25-/m0/s1. The SMILES string of the molecule is CC[C@@]1(O)C(=O)OCC2=C1C=C1c3nc4cc(Cl)c(C)c5c4c(c3CC1C2=O)[C@@H](N)CC5. The number of nitrogens with two attached hydrogens (primary N) is 1. The summed E-state index contributed by atoms with van der Waals surface area (Å²) in [5.41, 5.74) is 12.1. The first-order valence-corrected chi connectivity index (χ1v) is 11.4. The normalized spacial score (nSPS) is 28.3. The number of ether oxygens (including phenoxy) is 1. The molecule has 7 heteroatoms. The van der Waals surface area contributed by atoms with Crippen molar-refractivity contribution in [1.82, 2.24) is 4.98 Å². The third-order valence-electron chi connectivity index (χ3n) is 7.76. The Morgan fingerprint density at radius 1 is 1.34 bits per heavy atom. The number of carbonyl (C=O) groups is 2. The van der Waals surface area contributed by atoms with Gasteiger partial charge in [-0.05, 0) is 72.6 Å². The zero-order valence-corrected chi connectivity index (χ0v) is 18.7. The fourth-order valence-electron chi connectivity index (χ4n) is 5.94.